The third-order valence-corrected chi connectivity index (χ3v) is 4.68. The fourth-order valence-corrected chi connectivity index (χ4v) is 3.55. The first-order valence-electron chi connectivity index (χ1n) is 8.19. The largest absolute Gasteiger partial charge is 0.338 e. The second-order valence-corrected chi connectivity index (χ2v) is 6.43. The van der Waals surface area contributed by atoms with E-state index in [-0.39, 0.29) is 0 Å². The molecule has 2 aliphatic heterocycles. The third kappa shape index (κ3) is 3.20. The molecule has 5 nitrogen and oxygen atoms in total. The zero-order valence-electron chi connectivity index (χ0n) is 12.7. The van der Waals surface area contributed by atoms with E-state index in [1.807, 2.05) is 18.2 Å². The Labute approximate surface area is 130 Å². The first-order valence-corrected chi connectivity index (χ1v) is 8.19. The van der Waals surface area contributed by atoms with Crippen molar-refractivity contribution in [3.8, 4) is 0 Å². The van der Waals surface area contributed by atoms with E-state index in [1.54, 1.807) is 0 Å². The lowest BCUT2D eigenvalue weighted by atomic mass is 10.1. The molecule has 0 spiro atoms. The van der Waals surface area contributed by atoms with E-state index in [0.29, 0.717) is 12.1 Å². The van der Waals surface area contributed by atoms with Crippen molar-refractivity contribution in [2.75, 3.05) is 13.1 Å². The molecule has 1 aromatic carbocycles. The molecule has 3 heterocycles. The van der Waals surface area contributed by atoms with Gasteiger partial charge >= 0.3 is 0 Å². The molecule has 0 aliphatic carbocycles. The van der Waals surface area contributed by atoms with Crippen molar-refractivity contribution in [2.24, 2.45) is 0 Å². The van der Waals surface area contributed by atoms with E-state index in [4.69, 9.17) is 4.52 Å². The molecule has 2 bridgehead atoms. The van der Waals surface area contributed by atoms with E-state index in [2.05, 4.69) is 32.5 Å². The van der Waals surface area contributed by atoms with Gasteiger partial charge in [-0.3, -0.25) is 4.90 Å². The number of fused-ring (bicyclic) bond motifs is 2. The fraction of sp³-hybridized carbons (Fsp3) is 0.529. The van der Waals surface area contributed by atoms with Crippen molar-refractivity contribution in [3.05, 3.63) is 47.6 Å². The van der Waals surface area contributed by atoms with Gasteiger partial charge in [0.05, 0.1) is 6.54 Å². The normalized spacial score (nSPS) is 25.3. The van der Waals surface area contributed by atoms with Crippen LogP contribution in [0.25, 0.3) is 0 Å². The van der Waals surface area contributed by atoms with Gasteiger partial charge in [0.2, 0.25) is 5.89 Å². The second kappa shape index (κ2) is 6.18. The molecule has 2 aliphatic rings. The summed E-state index contributed by atoms with van der Waals surface area (Å²) < 4.78 is 5.44. The monoisotopic (exact) mass is 298 g/mol. The maximum absolute atomic E-state index is 5.44. The van der Waals surface area contributed by atoms with E-state index < -0.39 is 0 Å². The molecule has 0 amide bonds. The fourth-order valence-electron chi connectivity index (χ4n) is 3.55. The molecule has 0 radical (unpaired) electrons. The van der Waals surface area contributed by atoms with Crippen LogP contribution in [0.1, 0.15) is 36.5 Å². The standard InChI is InChI=1S/C17H22N4O/c1-2-4-13(5-3-1)10-16-19-17(22-20-16)12-21-9-8-14-6-7-15(11-21)18-14/h1-5,14-15,18H,6-12H2. The summed E-state index contributed by atoms with van der Waals surface area (Å²) in [5.74, 6) is 1.51. The van der Waals surface area contributed by atoms with Crippen LogP contribution >= 0.6 is 0 Å². The molecule has 0 saturated carbocycles. The van der Waals surface area contributed by atoms with Crippen LogP contribution in [0.4, 0.5) is 0 Å². The molecule has 1 aromatic heterocycles. The van der Waals surface area contributed by atoms with Gasteiger partial charge in [-0.05, 0) is 24.8 Å². The van der Waals surface area contributed by atoms with Gasteiger partial charge in [0.15, 0.2) is 5.82 Å². The van der Waals surface area contributed by atoms with Crippen LogP contribution in [0.2, 0.25) is 0 Å². The zero-order valence-corrected chi connectivity index (χ0v) is 12.7. The highest BCUT2D eigenvalue weighted by Crippen LogP contribution is 2.21. The molecule has 2 unspecified atom stereocenters. The average Bonchev–Trinajstić information content (AvgIpc) is 3.09. The van der Waals surface area contributed by atoms with Gasteiger partial charge in [0.1, 0.15) is 0 Å². The van der Waals surface area contributed by atoms with Gasteiger partial charge in [0.25, 0.3) is 0 Å². The predicted molar refractivity (Wildman–Crippen MR) is 83.4 cm³/mol. The number of benzene rings is 1. The smallest absolute Gasteiger partial charge is 0.240 e. The molecule has 1 N–H and O–H groups in total. The van der Waals surface area contributed by atoms with Gasteiger partial charge in [-0.15, -0.1) is 0 Å². The van der Waals surface area contributed by atoms with Crippen LogP contribution in [0.3, 0.4) is 0 Å². The number of hydrogen-bond donors (Lipinski definition) is 1. The Morgan fingerprint density at radius 1 is 1.14 bits per heavy atom. The van der Waals surface area contributed by atoms with Crippen molar-refractivity contribution >= 4 is 0 Å². The van der Waals surface area contributed by atoms with Gasteiger partial charge in [0, 0.05) is 31.6 Å². The summed E-state index contributed by atoms with van der Waals surface area (Å²) in [6.45, 7) is 2.98. The Morgan fingerprint density at radius 3 is 2.91 bits per heavy atom. The topological polar surface area (TPSA) is 54.2 Å². The number of hydrogen-bond acceptors (Lipinski definition) is 5. The summed E-state index contributed by atoms with van der Waals surface area (Å²) in [6.07, 6.45) is 4.59. The predicted octanol–water partition coefficient (Wildman–Crippen LogP) is 1.99. The number of nitrogens with one attached hydrogen (secondary N) is 1. The summed E-state index contributed by atoms with van der Waals surface area (Å²) >= 11 is 0. The molecular weight excluding hydrogens is 276 g/mol. The van der Waals surface area contributed by atoms with Crippen molar-refractivity contribution < 1.29 is 4.52 Å². The van der Waals surface area contributed by atoms with Crippen LogP contribution in [-0.2, 0) is 13.0 Å². The quantitative estimate of drug-likeness (QED) is 0.935. The average molecular weight is 298 g/mol. The van der Waals surface area contributed by atoms with Gasteiger partial charge in [-0.1, -0.05) is 35.5 Å². The first-order chi connectivity index (χ1) is 10.8. The molecule has 2 aromatic rings. The summed E-state index contributed by atoms with van der Waals surface area (Å²) in [5.41, 5.74) is 1.21. The highest BCUT2D eigenvalue weighted by atomic mass is 16.5. The number of nitrogens with zero attached hydrogens (tertiary/aromatic N) is 3. The summed E-state index contributed by atoms with van der Waals surface area (Å²) in [6, 6.07) is 11.6. The highest BCUT2D eigenvalue weighted by molar-refractivity contribution is 5.18. The number of likely N-dealkylation sites (tertiary alicyclic amines) is 1. The summed E-state index contributed by atoms with van der Waals surface area (Å²) in [5, 5.41) is 7.82. The van der Waals surface area contributed by atoms with E-state index in [1.165, 1.54) is 24.8 Å². The lowest BCUT2D eigenvalue weighted by Gasteiger charge is -2.21. The van der Waals surface area contributed by atoms with Crippen molar-refractivity contribution in [1.82, 2.24) is 20.4 Å². The summed E-state index contributed by atoms with van der Waals surface area (Å²) in [4.78, 5) is 6.99. The minimum atomic E-state index is 0.638. The first kappa shape index (κ1) is 13.9. The Morgan fingerprint density at radius 2 is 2.00 bits per heavy atom. The molecule has 5 heteroatoms. The minimum absolute atomic E-state index is 0.638. The summed E-state index contributed by atoms with van der Waals surface area (Å²) in [7, 11) is 0. The van der Waals surface area contributed by atoms with Crippen LogP contribution in [0.15, 0.2) is 34.9 Å². The molecular formula is C17H22N4O. The lowest BCUT2D eigenvalue weighted by molar-refractivity contribution is 0.216. The zero-order chi connectivity index (χ0) is 14.8. The van der Waals surface area contributed by atoms with Gasteiger partial charge < -0.3 is 9.84 Å². The Bertz CT molecular complexity index is 612. The second-order valence-electron chi connectivity index (χ2n) is 6.43. The molecule has 116 valence electrons. The van der Waals surface area contributed by atoms with Crippen LogP contribution in [0.5, 0.6) is 0 Å². The Kier molecular flexibility index (Phi) is 3.91. The van der Waals surface area contributed by atoms with Gasteiger partial charge in [-0.25, -0.2) is 0 Å². The third-order valence-electron chi connectivity index (χ3n) is 4.68. The lowest BCUT2D eigenvalue weighted by Crippen LogP contribution is -2.35. The van der Waals surface area contributed by atoms with Crippen molar-refractivity contribution in [2.45, 2.75) is 44.3 Å². The maximum Gasteiger partial charge on any atom is 0.240 e. The van der Waals surface area contributed by atoms with Crippen LogP contribution in [-0.4, -0.2) is 40.2 Å². The van der Waals surface area contributed by atoms with E-state index >= 15 is 0 Å². The van der Waals surface area contributed by atoms with Crippen LogP contribution in [0, 0.1) is 0 Å². The van der Waals surface area contributed by atoms with Gasteiger partial charge in [-0.2, -0.15) is 4.98 Å². The Hall–Kier alpha value is -1.72. The number of rotatable bonds is 4. The van der Waals surface area contributed by atoms with E-state index in [9.17, 15) is 0 Å². The SMILES string of the molecule is c1ccc(Cc2noc(CN3CCC4CCC(C3)N4)n2)cc1. The minimum Gasteiger partial charge on any atom is -0.338 e. The highest BCUT2D eigenvalue weighted by Gasteiger charge is 2.29. The molecule has 2 saturated heterocycles. The maximum atomic E-state index is 5.44. The van der Waals surface area contributed by atoms with Crippen molar-refractivity contribution in [3.63, 3.8) is 0 Å². The Balaban J connectivity index is 1.37. The number of aromatic nitrogens is 2. The van der Waals surface area contributed by atoms with E-state index in [0.717, 1.165) is 37.8 Å². The molecule has 22 heavy (non-hydrogen) atoms. The van der Waals surface area contributed by atoms with Crippen molar-refractivity contribution in [1.29, 1.82) is 0 Å². The molecule has 2 fully saturated rings. The molecule has 4 rings (SSSR count). The molecule has 2 atom stereocenters. The van der Waals surface area contributed by atoms with Crippen LogP contribution < -0.4 is 5.32 Å².